The summed E-state index contributed by atoms with van der Waals surface area (Å²) >= 11 is 0. The molecular weight excluding hydrogens is 459 g/mol. The van der Waals surface area contributed by atoms with E-state index < -0.39 is 5.82 Å². The lowest BCUT2D eigenvalue weighted by atomic mass is 9.94. The van der Waals surface area contributed by atoms with Gasteiger partial charge in [-0.3, -0.25) is 0 Å². The van der Waals surface area contributed by atoms with Crippen molar-refractivity contribution < 1.29 is 9.13 Å². The van der Waals surface area contributed by atoms with Crippen LogP contribution in [0.5, 0.6) is 5.75 Å². The van der Waals surface area contributed by atoms with E-state index in [0.29, 0.717) is 41.8 Å². The molecule has 1 N–H and O–H groups in total. The Morgan fingerprint density at radius 1 is 1.17 bits per heavy atom. The maximum absolute atomic E-state index is 15.0. The molecule has 0 atom stereocenters. The molecule has 1 aromatic carbocycles. The molecule has 9 nitrogen and oxygen atoms in total. The highest BCUT2D eigenvalue weighted by molar-refractivity contribution is 5.75. The second-order valence-corrected chi connectivity index (χ2v) is 9.56. The molecule has 1 saturated heterocycles. The molecule has 0 bridgehead atoms. The van der Waals surface area contributed by atoms with Crippen molar-refractivity contribution in [3.8, 4) is 23.1 Å². The van der Waals surface area contributed by atoms with Gasteiger partial charge in [0, 0.05) is 17.5 Å². The Hall–Kier alpha value is -3.84. The largest absolute Gasteiger partial charge is 0.486 e. The lowest BCUT2D eigenvalue weighted by Gasteiger charge is -2.34. The van der Waals surface area contributed by atoms with Crippen LogP contribution in [0, 0.1) is 17.1 Å². The fourth-order valence-electron chi connectivity index (χ4n) is 4.76. The van der Waals surface area contributed by atoms with Gasteiger partial charge in [-0.2, -0.15) is 10.4 Å². The van der Waals surface area contributed by atoms with Crippen molar-refractivity contribution in [3.63, 3.8) is 0 Å². The zero-order chi connectivity index (χ0) is 25.2. The average Bonchev–Trinajstić information content (AvgIpc) is 2.89. The highest BCUT2D eigenvalue weighted by atomic mass is 19.1. The zero-order valence-electron chi connectivity index (χ0n) is 20.7. The Morgan fingerprint density at radius 3 is 2.67 bits per heavy atom. The van der Waals surface area contributed by atoms with E-state index in [2.05, 4.69) is 48.4 Å². The fourth-order valence-corrected chi connectivity index (χ4v) is 4.76. The maximum Gasteiger partial charge on any atom is 0.229 e. The number of nitriles is 1. The smallest absolute Gasteiger partial charge is 0.229 e. The van der Waals surface area contributed by atoms with Crippen molar-refractivity contribution in [2.45, 2.75) is 38.6 Å². The van der Waals surface area contributed by atoms with Crippen LogP contribution in [0.1, 0.15) is 43.9 Å². The zero-order valence-corrected chi connectivity index (χ0v) is 20.7. The molecule has 36 heavy (non-hydrogen) atoms. The molecule has 2 aromatic heterocycles. The summed E-state index contributed by atoms with van der Waals surface area (Å²) in [5.41, 5.74) is 2.70. The first-order chi connectivity index (χ1) is 17.4. The van der Waals surface area contributed by atoms with Crippen molar-refractivity contribution in [2.24, 2.45) is 0 Å². The molecule has 0 spiro atoms. The van der Waals surface area contributed by atoms with E-state index in [1.807, 2.05) is 32.0 Å². The molecule has 0 saturated carbocycles. The van der Waals surface area contributed by atoms with Gasteiger partial charge < -0.3 is 19.9 Å². The number of anilines is 3. The number of nitrogens with one attached hydrogen (secondary N) is 1. The number of halogens is 1. The van der Waals surface area contributed by atoms with Crippen molar-refractivity contribution in [2.75, 3.05) is 43.5 Å². The van der Waals surface area contributed by atoms with E-state index in [9.17, 15) is 5.26 Å². The molecule has 2 aliphatic rings. The SMILES string of the molecule is CC(C)N1CCOc2c(F)cc(-c3nc(Nc4ccc(C5CCN(C)CC5)nn4)ncc3C#N)cc21. The van der Waals surface area contributed by atoms with Gasteiger partial charge in [-0.05, 0) is 71.1 Å². The maximum atomic E-state index is 15.0. The minimum absolute atomic E-state index is 0.163. The topological polar surface area (TPSA) is 103 Å². The van der Waals surface area contributed by atoms with Gasteiger partial charge in [-0.1, -0.05) is 0 Å². The van der Waals surface area contributed by atoms with Crippen molar-refractivity contribution >= 4 is 17.5 Å². The van der Waals surface area contributed by atoms with E-state index in [-0.39, 0.29) is 23.3 Å². The third-order valence-corrected chi connectivity index (χ3v) is 6.78. The van der Waals surface area contributed by atoms with E-state index in [0.717, 1.165) is 31.6 Å². The number of fused-ring (bicyclic) bond motifs is 1. The van der Waals surface area contributed by atoms with Crippen LogP contribution in [-0.4, -0.2) is 64.4 Å². The summed E-state index contributed by atoms with van der Waals surface area (Å²) in [4.78, 5) is 13.2. The highest BCUT2D eigenvalue weighted by Crippen LogP contribution is 2.39. The Labute approximate surface area is 210 Å². The van der Waals surface area contributed by atoms with Gasteiger partial charge in [-0.25, -0.2) is 14.4 Å². The van der Waals surface area contributed by atoms with E-state index in [4.69, 9.17) is 4.74 Å². The molecular formula is C26H29FN8O. The summed E-state index contributed by atoms with van der Waals surface area (Å²) in [6, 6.07) is 9.29. The van der Waals surface area contributed by atoms with Gasteiger partial charge in [0.05, 0.1) is 35.4 Å². The predicted octanol–water partition coefficient (Wildman–Crippen LogP) is 4.10. The summed E-state index contributed by atoms with van der Waals surface area (Å²) in [7, 11) is 2.13. The monoisotopic (exact) mass is 488 g/mol. The van der Waals surface area contributed by atoms with Gasteiger partial charge in [0.15, 0.2) is 17.4 Å². The average molecular weight is 489 g/mol. The normalized spacial score (nSPS) is 16.4. The van der Waals surface area contributed by atoms with Crippen LogP contribution in [0.4, 0.5) is 21.8 Å². The van der Waals surface area contributed by atoms with E-state index in [1.54, 1.807) is 0 Å². The summed E-state index contributed by atoms with van der Waals surface area (Å²) in [6.07, 6.45) is 3.56. The van der Waals surface area contributed by atoms with Crippen LogP contribution in [0.25, 0.3) is 11.3 Å². The molecule has 0 aliphatic carbocycles. The number of rotatable bonds is 5. The number of hydrogen-bond donors (Lipinski definition) is 1. The van der Waals surface area contributed by atoms with Gasteiger partial charge in [0.2, 0.25) is 5.95 Å². The Balaban J connectivity index is 1.42. The molecule has 0 radical (unpaired) electrons. The third kappa shape index (κ3) is 4.79. The molecule has 10 heteroatoms. The van der Waals surface area contributed by atoms with Crippen LogP contribution in [-0.2, 0) is 0 Å². The van der Waals surface area contributed by atoms with Crippen LogP contribution in [0.3, 0.4) is 0 Å². The van der Waals surface area contributed by atoms with Gasteiger partial charge in [0.25, 0.3) is 0 Å². The predicted molar refractivity (Wildman–Crippen MR) is 135 cm³/mol. The lowest BCUT2D eigenvalue weighted by Crippen LogP contribution is -2.38. The van der Waals surface area contributed by atoms with Crippen LogP contribution >= 0.6 is 0 Å². The molecule has 4 heterocycles. The minimum Gasteiger partial charge on any atom is -0.486 e. The minimum atomic E-state index is -0.486. The Kier molecular flexibility index (Phi) is 6.65. The second kappa shape index (κ2) is 10.0. The molecule has 5 rings (SSSR count). The number of hydrogen-bond acceptors (Lipinski definition) is 9. The number of ether oxygens (including phenoxy) is 1. The van der Waals surface area contributed by atoms with Crippen molar-refractivity contribution in [1.29, 1.82) is 5.26 Å². The lowest BCUT2D eigenvalue weighted by molar-refractivity contribution is 0.253. The quantitative estimate of drug-likeness (QED) is 0.568. The Morgan fingerprint density at radius 2 is 1.97 bits per heavy atom. The molecule has 2 aliphatic heterocycles. The molecule has 186 valence electrons. The van der Waals surface area contributed by atoms with E-state index >= 15 is 4.39 Å². The Bertz CT molecular complexity index is 1280. The van der Waals surface area contributed by atoms with Crippen molar-refractivity contribution in [3.05, 3.63) is 47.5 Å². The number of aromatic nitrogens is 4. The first kappa shape index (κ1) is 23.9. The number of nitrogens with zero attached hydrogens (tertiary/aromatic N) is 7. The molecule has 0 unspecified atom stereocenters. The number of benzene rings is 1. The van der Waals surface area contributed by atoms with Crippen LogP contribution in [0.2, 0.25) is 0 Å². The summed E-state index contributed by atoms with van der Waals surface area (Å²) in [5, 5.41) is 21.5. The summed E-state index contributed by atoms with van der Waals surface area (Å²) in [5.74, 6) is 0.900. The first-order valence-corrected chi connectivity index (χ1v) is 12.2. The van der Waals surface area contributed by atoms with Gasteiger partial charge in [0.1, 0.15) is 12.7 Å². The van der Waals surface area contributed by atoms with Gasteiger partial charge >= 0.3 is 0 Å². The van der Waals surface area contributed by atoms with Crippen LogP contribution < -0.4 is 15.0 Å². The second-order valence-electron chi connectivity index (χ2n) is 9.56. The molecule has 3 aromatic rings. The van der Waals surface area contributed by atoms with E-state index in [1.165, 1.54) is 12.3 Å². The number of piperidine rings is 1. The van der Waals surface area contributed by atoms with Crippen molar-refractivity contribution in [1.82, 2.24) is 25.1 Å². The number of likely N-dealkylation sites (tertiary alicyclic amines) is 1. The molecule has 1 fully saturated rings. The summed E-state index contributed by atoms with van der Waals surface area (Å²) < 4.78 is 20.6. The van der Waals surface area contributed by atoms with Crippen LogP contribution in [0.15, 0.2) is 30.5 Å². The fraction of sp³-hybridized carbons (Fsp3) is 0.423. The van der Waals surface area contributed by atoms with Gasteiger partial charge in [-0.15, -0.1) is 5.10 Å². The standard InChI is InChI=1S/C26H29FN8O/c1-16(2)35-10-11-36-25-20(27)12-18(13-22(25)35)24-19(14-28)15-29-26(31-24)30-23-5-4-21(32-33-23)17-6-8-34(3)9-7-17/h4-5,12-13,15-17H,6-11H2,1-3H3,(H,29,30,31,33). The first-order valence-electron chi connectivity index (χ1n) is 12.2. The highest BCUT2D eigenvalue weighted by Gasteiger charge is 2.26. The molecule has 0 amide bonds. The third-order valence-electron chi connectivity index (χ3n) is 6.78. The summed E-state index contributed by atoms with van der Waals surface area (Å²) in [6.45, 7) is 7.28.